The van der Waals surface area contributed by atoms with Crippen LogP contribution in [0.3, 0.4) is 0 Å². The van der Waals surface area contributed by atoms with Gasteiger partial charge in [-0.1, -0.05) is 20.3 Å². The third-order valence-electron chi connectivity index (χ3n) is 3.61. The number of anilines is 1. The maximum Gasteiger partial charge on any atom is 0.159 e. The molecule has 0 radical (unpaired) electrons. The molecule has 1 N–H and O–H groups in total. The summed E-state index contributed by atoms with van der Waals surface area (Å²) in [5, 5.41) is 3.45. The van der Waals surface area contributed by atoms with Crippen LogP contribution in [-0.4, -0.2) is 23.1 Å². The van der Waals surface area contributed by atoms with Crippen molar-refractivity contribution in [3.8, 4) is 0 Å². The molecule has 5 heteroatoms. The molecule has 1 aromatic rings. The van der Waals surface area contributed by atoms with Gasteiger partial charge in [-0.25, -0.2) is 9.97 Å². The van der Waals surface area contributed by atoms with Crippen molar-refractivity contribution in [1.82, 2.24) is 9.97 Å². The maximum atomic E-state index is 5.87. The molecule has 0 aromatic carbocycles. The predicted molar refractivity (Wildman–Crippen MR) is 94.8 cm³/mol. The third-order valence-corrected chi connectivity index (χ3v) is 4.67. The first kappa shape index (κ1) is 16.9. The van der Waals surface area contributed by atoms with Crippen LogP contribution >= 0.6 is 22.6 Å². The quantitative estimate of drug-likeness (QED) is 0.610. The molecule has 118 valence electrons. The van der Waals surface area contributed by atoms with Gasteiger partial charge in [0.1, 0.15) is 11.9 Å². The van der Waals surface area contributed by atoms with E-state index in [2.05, 4.69) is 41.8 Å². The van der Waals surface area contributed by atoms with E-state index in [0.29, 0.717) is 12.5 Å². The van der Waals surface area contributed by atoms with E-state index in [1.165, 1.54) is 22.1 Å². The zero-order valence-corrected chi connectivity index (χ0v) is 15.4. The van der Waals surface area contributed by atoms with Gasteiger partial charge in [-0.15, -0.1) is 0 Å². The fourth-order valence-electron chi connectivity index (χ4n) is 2.36. The highest BCUT2D eigenvalue weighted by Gasteiger charge is 2.30. The fraction of sp³-hybridized carbons (Fsp3) is 0.750. The van der Waals surface area contributed by atoms with E-state index in [9.17, 15) is 0 Å². The average molecular weight is 403 g/mol. The number of hydrogen-bond donors (Lipinski definition) is 1. The maximum absolute atomic E-state index is 5.87. The minimum absolute atomic E-state index is 0.0247. The molecule has 1 heterocycles. The van der Waals surface area contributed by atoms with Gasteiger partial charge in [-0.2, -0.15) is 0 Å². The highest BCUT2D eigenvalue weighted by Crippen LogP contribution is 2.42. The summed E-state index contributed by atoms with van der Waals surface area (Å²) in [6.07, 6.45) is 5.69. The molecule has 0 saturated heterocycles. The first-order valence-electron chi connectivity index (χ1n) is 8.13. The molecule has 0 spiro atoms. The minimum atomic E-state index is 0.0247. The molecule has 0 amide bonds. The molecule has 21 heavy (non-hydrogen) atoms. The Labute approximate surface area is 141 Å². The second-order valence-electron chi connectivity index (χ2n) is 5.56. The summed E-state index contributed by atoms with van der Waals surface area (Å²) in [6.45, 7) is 8.04. The van der Waals surface area contributed by atoms with Crippen molar-refractivity contribution in [2.24, 2.45) is 0 Å². The Balaban J connectivity index is 2.32. The number of nitrogens with one attached hydrogen (secondary N) is 1. The van der Waals surface area contributed by atoms with Crippen molar-refractivity contribution in [2.75, 3.05) is 18.5 Å². The lowest BCUT2D eigenvalue weighted by Crippen LogP contribution is -2.15. The lowest BCUT2D eigenvalue weighted by molar-refractivity contribution is 0.0493. The van der Waals surface area contributed by atoms with Crippen molar-refractivity contribution in [1.29, 1.82) is 0 Å². The molecule has 0 bridgehead atoms. The highest BCUT2D eigenvalue weighted by atomic mass is 127. The van der Waals surface area contributed by atoms with Crippen LogP contribution in [0.4, 0.5) is 5.82 Å². The van der Waals surface area contributed by atoms with Crippen molar-refractivity contribution >= 4 is 28.4 Å². The number of rotatable bonds is 9. The van der Waals surface area contributed by atoms with Gasteiger partial charge in [0.15, 0.2) is 5.82 Å². The number of aromatic nitrogens is 2. The Kier molecular flexibility index (Phi) is 6.67. The van der Waals surface area contributed by atoms with Gasteiger partial charge < -0.3 is 10.1 Å². The van der Waals surface area contributed by atoms with Crippen molar-refractivity contribution in [3.63, 3.8) is 0 Å². The van der Waals surface area contributed by atoms with Gasteiger partial charge >= 0.3 is 0 Å². The van der Waals surface area contributed by atoms with Crippen LogP contribution < -0.4 is 5.32 Å². The Morgan fingerprint density at radius 2 is 2.00 bits per heavy atom. The normalized spacial score (nSPS) is 16.0. The van der Waals surface area contributed by atoms with Gasteiger partial charge in [-0.05, 0) is 55.2 Å². The van der Waals surface area contributed by atoms with E-state index in [0.717, 1.165) is 37.4 Å². The summed E-state index contributed by atoms with van der Waals surface area (Å²) in [4.78, 5) is 9.62. The van der Waals surface area contributed by atoms with E-state index < -0.39 is 0 Å². The molecule has 2 rings (SSSR count). The van der Waals surface area contributed by atoms with E-state index in [1.807, 2.05) is 6.92 Å². The Bertz CT molecular complexity index is 457. The van der Waals surface area contributed by atoms with Crippen LogP contribution in [0, 0.1) is 3.57 Å². The monoisotopic (exact) mass is 403 g/mol. The summed E-state index contributed by atoms with van der Waals surface area (Å²) in [6, 6.07) is 0. The molecule has 4 nitrogen and oxygen atoms in total. The zero-order valence-electron chi connectivity index (χ0n) is 13.3. The summed E-state index contributed by atoms with van der Waals surface area (Å²) < 4.78 is 7.06. The summed E-state index contributed by atoms with van der Waals surface area (Å²) in [5.41, 5.74) is 1.22. The lowest BCUT2D eigenvalue weighted by Gasteiger charge is -2.18. The van der Waals surface area contributed by atoms with E-state index >= 15 is 0 Å². The summed E-state index contributed by atoms with van der Waals surface area (Å²) >= 11 is 2.39. The first-order chi connectivity index (χ1) is 10.2. The zero-order chi connectivity index (χ0) is 15.2. The largest absolute Gasteiger partial charge is 0.371 e. The van der Waals surface area contributed by atoms with Crippen LogP contribution in [0.1, 0.15) is 76.4 Å². The minimum Gasteiger partial charge on any atom is -0.371 e. The van der Waals surface area contributed by atoms with Gasteiger partial charge in [0.05, 0.1) is 9.26 Å². The van der Waals surface area contributed by atoms with E-state index in [4.69, 9.17) is 14.7 Å². The van der Waals surface area contributed by atoms with Crippen LogP contribution in [0.5, 0.6) is 0 Å². The van der Waals surface area contributed by atoms with Crippen molar-refractivity contribution in [2.45, 2.75) is 64.9 Å². The first-order valence-corrected chi connectivity index (χ1v) is 9.21. The van der Waals surface area contributed by atoms with Crippen LogP contribution in [0.15, 0.2) is 0 Å². The second-order valence-corrected chi connectivity index (χ2v) is 6.64. The standard InChI is InChI=1S/C16H26IN3O/c1-4-7-12(21-6-3)15-19-14(11-8-9-11)13(17)16(20-15)18-10-5-2/h11-12H,4-10H2,1-3H3,(H,18,19,20). The van der Waals surface area contributed by atoms with E-state index in [1.54, 1.807) is 0 Å². The van der Waals surface area contributed by atoms with Gasteiger partial charge in [0.2, 0.25) is 0 Å². The molecular formula is C16H26IN3O. The van der Waals surface area contributed by atoms with Crippen LogP contribution in [0.25, 0.3) is 0 Å². The molecule has 1 atom stereocenters. The predicted octanol–water partition coefficient (Wildman–Crippen LogP) is 4.66. The second kappa shape index (κ2) is 8.27. The molecular weight excluding hydrogens is 377 g/mol. The number of hydrogen-bond acceptors (Lipinski definition) is 4. The van der Waals surface area contributed by atoms with Gasteiger partial charge in [0.25, 0.3) is 0 Å². The van der Waals surface area contributed by atoms with Crippen molar-refractivity contribution < 1.29 is 4.74 Å². The van der Waals surface area contributed by atoms with Crippen LogP contribution in [-0.2, 0) is 4.74 Å². The summed E-state index contributed by atoms with van der Waals surface area (Å²) in [7, 11) is 0. The van der Waals surface area contributed by atoms with Gasteiger partial charge in [0, 0.05) is 19.1 Å². The van der Waals surface area contributed by atoms with Crippen molar-refractivity contribution in [3.05, 3.63) is 15.1 Å². The Hall–Kier alpha value is -0.430. The molecule has 1 saturated carbocycles. The van der Waals surface area contributed by atoms with Crippen LogP contribution in [0.2, 0.25) is 0 Å². The molecule has 1 aromatic heterocycles. The molecule has 1 aliphatic rings. The third kappa shape index (κ3) is 4.52. The highest BCUT2D eigenvalue weighted by molar-refractivity contribution is 14.1. The average Bonchev–Trinajstić information content (AvgIpc) is 3.30. The lowest BCUT2D eigenvalue weighted by atomic mass is 10.2. The number of nitrogens with zero attached hydrogens (tertiary/aromatic N) is 2. The molecule has 0 aliphatic heterocycles. The number of ether oxygens (including phenoxy) is 1. The molecule has 1 aliphatic carbocycles. The topological polar surface area (TPSA) is 47.0 Å². The number of halogens is 1. The van der Waals surface area contributed by atoms with E-state index in [-0.39, 0.29) is 6.10 Å². The molecule has 1 fully saturated rings. The molecule has 1 unspecified atom stereocenters. The smallest absolute Gasteiger partial charge is 0.159 e. The van der Waals surface area contributed by atoms with Gasteiger partial charge in [-0.3, -0.25) is 0 Å². The summed E-state index contributed by atoms with van der Waals surface area (Å²) in [5.74, 6) is 2.48. The Morgan fingerprint density at radius 1 is 1.24 bits per heavy atom. The fourth-order valence-corrected chi connectivity index (χ4v) is 3.24. The Morgan fingerprint density at radius 3 is 2.57 bits per heavy atom. The SMILES string of the molecule is CCCNc1nc(C(CCC)OCC)nc(C2CC2)c1I.